The number of hydrogen-bond donors (Lipinski definition) is 0. The Morgan fingerprint density at radius 1 is 0.632 bits per heavy atom. The van der Waals surface area contributed by atoms with Crippen LogP contribution in [0.3, 0.4) is 0 Å². The van der Waals surface area contributed by atoms with Gasteiger partial charge in [0.2, 0.25) is 0 Å². The lowest BCUT2D eigenvalue weighted by Gasteiger charge is -2.17. The van der Waals surface area contributed by atoms with Gasteiger partial charge in [0.15, 0.2) is 12.4 Å². The van der Waals surface area contributed by atoms with Crippen molar-refractivity contribution in [1.82, 2.24) is 0 Å². The third-order valence-electron chi connectivity index (χ3n) is 7.34. The molecule has 0 aliphatic heterocycles. The zero-order valence-electron chi connectivity index (χ0n) is 24.9. The Labute approximate surface area is 234 Å². The van der Waals surface area contributed by atoms with Crippen LogP contribution in [0.25, 0.3) is 0 Å². The van der Waals surface area contributed by atoms with E-state index >= 15 is 0 Å². The summed E-state index contributed by atoms with van der Waals surface area (Å²) in [6.07, 6.45) is 25.5. The Morgan fingerprint density at radius 2 is 1.11 bits per heavy atom. The molecule has 0 unspecified atom stereocenters. The molecule has 218 valence electrons. The summed E-state index contributed by atoms with van der Waals surface area (Å²) in [5.41, 5.74) is 0.573. The molecule has 0 spiro atoms. The van der Waals surface area contributed by atoms with Crippen LogP contribution in [0.4, 0.5) is 0 Å². The van der Waals surface area contributed by atoms with E-state index in [2.05, 4.69) is 13.8 Å². The van der Waals surface area contributed by atoms with Crippen LogP contribution in [0.15, 0.2) is 30.3 Å². The molecule has 0 saturated heterocycles. The van der Waals surface area contributed by atoms with Crippen molar-refractivity contribution in [2.24, 2.45) is 0 Å². The minimum Gasteiger partial charge on any atom is -0.457 e. The Kier molecular flexibility index (Phi) is 23.1. The summed E-state index contributed by atoms with van der Waals surface area (Å²) in [4.78, 5) is 24.8. The lowest BCUT2D eigenvalue weighted by atomic mass is 10.0. The molecule has 0 aromatic heterocycles. The Hall–Kier alpha value is -1.68. The topological polar surface area (TPSA) is 52.6 Å². The summed E-state index contributed by atoms with van der Waals surface area (Å²) in [6, 6.07) is 9.00. The molecule has 1 atom stereocenters. The van der Waals surface area contributed by atoms with Gasteiger partial charge in [-0.1, -0.05) is 160 Å². The van der Waals surface area contributed by atoms with Gasteiger partial charge in [-0.15, -0.1) is 0 Å². The monoisotopic (exact) mass is 530 g/mol. The standard InChI is InChI=1S/C34H58O4/c1-3-5-7-9-11-13-15-17-19-24-28-37-32(27-23-18-16-14-12-10-8-6-4-2)29-34(36)38-30-33(35)31-25-21-20-22-26-31/h20-22,25-26,32H,3-19,23-24,27-30H2,1-2H3/t32-/m1/s1. The van der Waals surface area contributed by atoms with Crippen LogP contribution < -0.4 is 0 Å². The fourth-order valence-electron chi connectivity index (χ4n) is 4.86. The summed E-state index contributed by atoms with van der Waals surface area (Å²) in [6.45, 7) is 5.02. The van der Waals surface area contributed by atoms with Gasteiger partial charge >= 0.3 is 5.97 Å². The van der Waals surface area contributed by atoms with Gasteiger partial charge in [-0.25, -0.2) is 0 Å². The minimum atomic E-state index is -0.335. The Morgan fingerprint density at radius 3 is 1.63 bits per heavy atom. The number of Topliss-reactive ketones (excluding diaryl/α,β-unsaturated/α-hetero) is 1. The van der Waals surface area contributed by atoms with E-state index in [0.717, 1.165) is 19.3 Å². The van der Waals surface area contributed by atoms with E-state index in [1.54, 1.807) is 12.1 Å². The van der Waals surface area contributed by atoms with E-state index < -0.39 is 0 Å². The molecular formula is C34H58O4. The van der Waals surface area contributed by atoms with Crippen LogP contribution >= 0.6 is 0 Å². The van der Waals surface area contributed by atoms with E-state index in [9.17, 15) is 9.59 Å². The van der Waals surface area contributed by atoms with Crippen LogP contribution in [0, 0.1) is 0 Å². The molecule has 1 aromatic rings. The fraction of sp³-hybridized carbons (Fsp3) is 0.765. The predicted octanol–water partition coefficient (Wildman–Crippen LogP) is 10.0. The molecular weight excluding hydrogens is 472 g/mol. The molecule has 1 rings (SSSR count). The maximum Gasteiger partial charge on any atom is 0.308 e. The second kappa shape index (κ2) is 25.6. The number of rotatable bonds is 27. The highest BCUT2D eigenvalue weighted by molar-refractivity contribution is 5.97. The quantitative estimate of drug-likeness (QED) is 0.0645. The number of ketones is 1. The van der Waals surface area contributed by atoms with Gasteiger partial charge in [-0.3, -0.25) is 9.59 Å². The maximum atomic E-state index is 12.5. The molecule has 4 nitrogen and oxygen atoms in total. The van der Waals surface area contributed by atoms with E-state index in [0.29, 0.717) is 12.2 Å². The van der Waals surface area contributed by atoms with E-state index in [4.69, 9.17) is 9.47 Å². The van der Waals surface area contributed by atoms with E-state index in [1.807, 2.05) is 18.2 Å². The molecule has 0 heterocycles. The molecule has 4 heteroatoms. The third kappa shape index (κ3) is 20.3. The van der Waals surface area contributed by atoms with Gasteiger partial charge in [0.25, 0.3) is 0 Å². The smallest absolute Gasteiger partial charge is 0.308 e. The zero-order valence-corrected chi connectivity index (χ0v) is 24.9. The Balaban J connectivity index is 2.27. The van der Waals surface area contributed by atoms with Gasteiger partial charge in [0, 0.05) is 12.2 Å². The zero-order chi connectivity index (χ0) is 27.5. The van der Waals surface area contributed by atoms with Crippen LogP contribution in [-0.4, -0.2) is 31.1 Å². The molecule has 1 aromatic carbocycles. The fourth-order valence-corrected chi connectivity index (χ4v) is 4.86. The van der Waals surface area contributed by atoms with E-state index in [1.165, 1.54) is 109 Å². The third-order valence-corrected chi connectivity index (χ3v) is 7.34. The molecule has 0 radical (unpaired) electrons. The van der Waals surface area contributed by atoms with Crippen molar-refractivity contribution in [3.63, 3.8) is 0 Å². The van der Waals surface area contributed by atoms with Crippen molar-refractivity contribution in [3.8, 4) is 0 Å². The molecule has 0 saturated carbocycles. The number of carbonyl (C=O) groups excluding carboxylic acids is 2. The van der Waals surface area contributed by atoms with Gasteiger partial charge in [-0.2, -0.15) is 0 Å². The highest BCUT2D eigenvalue weighted by atomic mass is 16.5. The molecule has 0 amide bonds. The first-order chi connectivity index (χ1) is 18.7. The predicted molar refractivity (Wildman–Crippen MR) is 160 cm³/mol. The largest absolute Gasteiger partial charge is 0.457 e. The number of carbonyl (C=O) groups is 2. The number of benzene rings is 1. The van der Waals surface area contributed by atoms with Crippen molar-refractivity contribution in [2.75, 3.05) is 13.2 Å². The molecule has 0 fully saturated rings. The second-order valence-corrected chi connectivity index (χ2v) is 10.9. The highest BCUT2D eigenvalue weighted by Gasteiger charge is 2.17. The average molecular weight is 531 g/mol. The van der Waals surface area contributed by atoms with Crippen LogP contribution in [0.1, 0.15) is 159 Å². The summed E-state index contributed by atoms with van der Waals surface area (Å²) < 4.78 is 11.5. The van der Waals surface area contributed by atoms with Crippen LogP contribution in [0.2, 0.25) is 0 Å². The van der Waals surface area contributed by atoms with Crippen molar-refractivity contribution in [3.05, 3.63) is 35.9 Å². The lowest BCUT2D eigenvalue weighted by molar-refractivity contribution is -0.145. The van der Waals surface area contributed by atoms with Gasteiger partial charge < -0.3 is 9.47 Å². The molecule has 0 N–H and O–H groups in total. The lowest BCUT2D eigenvalue weighted by Crippen LogP contribution is -2.22. The van der Waals surface area contributed by atoms with Gasteiger partial charge in [0.1, 0.15) is 0 Å². The average Bonchev–Trinajstić information content (AvgIpc) is 2.94. The number of unbranched alkanes of at least 4 members (excludes halogenated alkanes) is 17. The summed E-state index contributed by atoms with van der Waals surface area (Å²) >= 11 is 0. The Bertz CT molecular complexity index is 672. The number of esters is 1. The first-order valence-corrected chi connectivity index (χ1v) is 16.0. The maximum absolute atomic E-state index is 12.5. The second-order valence-electron chi connectivity index (χ2n) is 10.9. The first kappa shape index (κ1) is 34.3. The SMILES string of the molecule is CCCCCCCCCCCCO[C@H](CCCCCCCCCCC)CC(=O)OCC(=O)c1ccccc1. The number of hydrogen-bond acceptors (Lipinski definition) is 4. The summed E-state index contributed by atoms with van der Waals surface area (Å²) in [7, 11) is 0. The summed E-state index contributed by atoms with van der Waals surface area (Å²) in [5.74, 6) is -0.501. The van der Waals surface area contributed by atoms with Crippen molar-refractivity contribution in [1.29, 1.82) is 0 Å². The van der Waals surface area contributed by atoms with Crippen LogP contribution in [0.5, 0.6) is 0 Å². The minimum absolute atomic E-state index is 0.113. The molecule has 0 aliphatic rings. The molecule has 0 aliphatic carbocycles. The van der Waals surface area contributed by atoms with Crippen LogP contribution in [-0.2, 0) is 14.3 Å². The van der Waals surface area contributed by atoms with Crippen molar-refractivity contribution in [2.45, 2.75) is 155 Å². The van der Waals surface area contributed by atoms with Gasteiger partial charge in [-0.05, 0) is 12.8 Å². The highest BCUT2D eigenvalue weighted by Crippen LogP contribution is 2.16. The normalized spacial score (nSPS) is 11.9. The van der Waals surface area contributed by atoms with Crippen molar-refractivity contribution >= 4 is 11.8 Å². The van der Waals surface area contributed by atoms with Crippen molar-refractivity contribution < 1.29 is 19.1 Å². The van der Waals surface area contributed by atoms with E-state index in [-0.39, 0.29) is 30.9 Å². The molecule has 0 bridgehead atoms. The van der Waals surface area contributed by atoms with Gasteiger partial charge in [0.05, 0.1) is 12.5 Å². The molecule has 38 heavy (non-hydrogen) atoms. The number of ether oxygens (including phenoxy) is 2. The summed E-state index contributed by atoms with van der Waals surface area (Å²) in [5, 5.41) is 0. The first-order valence-electron chi connectivity index (χ1n) is 16.0.